The molecule has 22 heavy (non-hydrogen) atoms. The van der Waals surface area contributed by atoms with E-state index in [1.165, 1.54) is 14.2 Å². The van der Waals surface area contributed by atoms with Gasteiger partial charge in [-0.05, 0) is 29.7 Å². The summed E-state index contributed by atoms with van der Waals surface area (Å²) >= 11 is 1.56. The van der Waals surface area contributed by atoms with Gasteiger partial charge in [-0.25, -0.2) is 0 Å². The van der Waals surface area contributed by atoms with Crippen molar-refractivity contribution in [2.75, 3.05) is 20.0 Å². The molecule has 0 aliphatic rings. The predicted molar refractivity (Wildman–Crippen MR) is 97.2 cm³/mol. The molecule has 0 aliphatic heterocycles. The van der Waals surface area contributed by atoms with Crippen LogP contribution < -0.4 is 0 Å². The van der Waals surface area contributed by atoms with Crippen LogP contribution in [0.2, 0.25) is 0 Å². The lowest BCUT2D eigenvalue weighted by Gasteiger charge is -2.21. The molecule has 0 bridgehead atoms. The van der Waals surface area contributed by atoms with Crippen molar-refractivity contribution in [3.05, 3.63) is 53.2 Å². The molecule has 0 aromatic heterocycles. The average Bonchev–Trinajstić information content (AvgIpc) is 2.57. The second-order valence-electron chi connectivity index (χ2n) is 4.71. The van der Waals surface area contributed by atoms with Gasteiger partial charge < -0.3 is 9.05 Å². The number of hydrogen-bond acceptors (Lipinski definition) is 4. The molecule has 0 aliphatic carbocycles. The molecule has 0 saturated carbocycles. The molecule has 1 aromatic rings. The first-order valence-electron chi connectivity index (χ1n) is 7.37. The number of allylic oxidation sites excluding steroid dienone is 2. The molecule has 1 aromatic carbocycles. The van der Waals surface area contributed by atoms with Gasteiger partial charge in [0.05, 0.1) is 0 Å². The standard InChI is InChI=1S/C17H25O3PS/c1-5-7-14-22-17(21(18,19-3)20-4)16(11-6-2)15-12-9-8-10-13-15/h6,8-10,12-13H,2,5,7,11,14H2,1,3-4H3/b17-16-. The van der Waals surface area contributed by atoms with Gasteiger partial charge in [0.25, 0.3) is 0 Å². The maximum atomic E-state index is 13.0. The molecule has 0 spiro atoms. The normalized spacial score (nSPS) is 12.9. The van der Waals surface area contributed by atoms with E-state index in [-0.39, 0.29) is 0 Å². The van der Waals surface area contributed by atoms with E-state index in [2.05, 4.69) is 13.5 Å². The summed E-state index contributed by atoms with van der Waals surface area (Å²) in [4.78, 5) is 0. The Bertz CT molecular complexity index is 532. The Labute approximate surface area is 138 Å². The molecule has 5 heteroatoms. The maximum absolute atomic E-state index is 13.0. The Kier molecular flexibility index (Phi) is 8.81. The van der Waals surface area contributed by atoms with E-state index in [1.54, 1.807) is 11.8 Å². The molecule has 0 radical (unpaired) electrons. The summed E-state index contributed by atoms with van der Waals surface area (Å²) in [6.07, 6.45) is 4.58. The third-order valence-electron chi connectivity index (χ3n) is 3.19. The van der Waals surface area contributed by atoms with Gasteiger partial charge in [-0.2, -0.15) is 0 Å². The summed E-state index contributed by atoms with van der Waals surface area (Å²) in [5.41, 5.74) is 1.99. The smallest absolute Gasteiger partial charge is 0.308 e. The van der Waals surface area contributed by atoms with E-state index < -0.39 is 7.60 Å². The summed E-state index contributed by atoms with van der Waals surface area (Å²) in [6, 6.07) is 9.92. The van der Waals surface area contributed by atoms with Crippen molar-refractivity contribution in [2.45, 2.75) is 26.2 Å². The van der Waals surface area contributed by atoms with Crippen LogP contribution in [0, 0.1) is 0 Å². The van der Waals surface area contributed by atoms with Crippen LogP contribution in [0.5, 0.6) is 0 Å². The van der Waals surface area contributed by atoms with Crippen LogP contribution in [-0.4, -0.2) is 20.0 Å². The molecule has 122 valence electrons. The highest BCUT2D eigenvalue weighted by Gasteiger charge is 2.31. The quantitative estimate of drug-likeness (QED) is 0.299. The number of unbranched alkanes of at least 4 members (excludes halogenated alkanes) is 1. The topological polar surface area (TPSA) is 35.5 Å². The molecule has 0 saturated heterocycles. The van der Waals surface area contributed by atoms with Gasteiger partial charge >= 0.3 is 7.60 Å². The van der Waals surface area contributed by atoms with Gasteiger partial charge in [0.2, 0.25) is 0 Å². The molecule has 0 N–H and O–H groups in total. The Hall–Kier alpha value is -0.800. The van der Waals surface area contributed by atoms with Gasteiger partial charge in [0.15, 0.2) is 0 Å². The van der Waals surface area contributed by atoms with Crippen LogP contribution in [0.1, 0.15) is 31.7 Å². The van der Waals surface area contributed by atoms with Crippen LogP contribution >= 0.6 is 19.4 Å². The first kappa shape index (κ1) is 19.2. The second kappa shape index (κ2) is 10.1. The molecule has 1 rings (SSSR count). The highest BCUT2D eigenvalue weighted by atomic mass is 32.2. The van der Waals surface area contributed by atoms with Gasteiger partial charge in [-0.1, -0.05) is 49.8 Å². The van der Waals surface area contributed by atoms with Crippen molar-refractivity contribution in [3.63, 3.8) is 0 Å². The monoisotopic (exact) mass is 340 g/mol. The molecule has 0 unspecified atom stereocenters. The molecule has 0 heterocycles. The highest BCUT2D eigenvalue weighted by molar-refractivity contribution is 8.10. The van der Waals surface area contributed by atoms with Gasteiger partial charge in [0.1, 0.15) is 4.65 Å². The fraction of sp³-hybridized carbons (Fsp3) is 0.412. The molecular weight excluding hydrogens is 315 g/mol. The number of rotatable bonds is 10. The molecule has 3 nitrogen and oxygen atoms in total. The van der Waals surface area contributed by atoms with Crippen LogP contribution in [0.4, 0.5) is 0 Å². The van der Waals surface area contributed by atoms with E-state index in [1.807, 2.05) is 36.4 Å². The van der Waals surface area contributed by atoms with E-state index in [9.17, 15) is 4.57 Å². The van der Waals surface area contributed by atoms with Crippen molar-refractivity contribution in [3.8, 4) is 0 Å². The zero-order valence-electron chi connectivity index (χ0n) is 13.6. The lowest BCUT2D eigenvalue weighted by molar-refractivity contribution is 0.285. The van der Waals surface area contributed by atoms with Crippen molar-refractivity contribution in [1.82, 2.24) is 0 Å². The first-order valence-corrected chi connectivity index (χ1v) is 9.90. The Morgan fingerprint density at radius 2 is 1.91 bits per heavy atom. The highest BCUT2D eigenvalue weighted by Crippen LogP contribution is 2.62. The minimum Gasteiger partial charge on any atom is -0.308 e. The van der Waals surface area contributed by atoms with Crippen molar-refractivity contribution < 1.29 is 13.6 Å². The Morgan fingerprint density at radius 3 is 2.41 bits per heavy atom. The van der Waals surface area contributed by atoms with E-state index in [4.69, 9.17) is 9.05 Å². The minimum atomic E-state index is -3.29. The molecule has 0 amide bonds. The maximum Gasteiger partial charge on any atom is 0.367 e. The third-order valence-corrected chi connectivity index (χ3v) is 6.99. The molecular formula is C17H25O3PS. The SMILES string of the molecule is C=CC/C(=C(/SCCCC)P(=O)(OC)OC)c1ccccc1. The first-order chi connectivity index (χ1) is 10.6. The Morgan fingerprint density at radius 1 is 1.27 bits per heavy atom. The predicted octanol–water partition coefficient (Wildman–Crippen LogP) is 5.95. The van der Waals surface area contributed by atoms with E-state index >= 15 is 0 Å². The average molecular weight is 340 g/mol. The van der Waals surface area contributed by atoms with Gasteiger partial charge in [0, 0.05) is 14.2 Å². The lowest BCUT2D eigenvalue weighted by Crippen LogP contribution is -1.97. The van der Waals surface area contributed by atoms with E-state index in [0.717, 1.165) is 29.7 Å². The zero-order valence-corrected chi connectivity index (χ0v) is 15.3. The van der Waals surface area contributed by atoms with Gasteiger partial charge in [-0.3, -0.25) is 4.57 Å². The largest absolute Gasteiger partial charge is 0.367 e. The number of benzene rings is 1. The minimum absolute atomic E-state index is 0.620. The summed E-state index contributed by atoms with van der Waals surface area (Å²) in [5.74, 6) is 0.885. The van der Waals surface area contributed by atoms with E-state index in [0.29, 0.717) is 11.1 Å². The summed E-state index contributed by atoms with van der Waals surface area (Å²) in [6.45, 7) is 5.96. The van der Waals surface area contributed by atoms with Crippen LogP contribution in [-0.2, 0) is 13.6 Å². The molecule has 0 atom stereocenters. The Balaban J connectivity index is 3.38. The van der Waals surface area contributed by atoms with Crippen LogP contribution in [0.3, 0.4) is 0 Å². The lowest BCUT2D eigenvalue weighted by atomic mass is 10.1. The summed E-state index contributed by atoms with van der Waals surface area (Å²) in [5, 5.41) is 0. The second-order valence-corrected chi connectivity index (χ2v) is 8.29. The number of thioether (sulfide) groups is 1. The third kappa shape index (κ3) is 5.13. The van der Waals surface area contributed by atoms with Crippen molar-refractivity contribution in [1.29, 1.82) is 0 Å². The fourth-order valence-electron chi connectivity index (χ4n) is 2.00. The van der Waals surface area contributed by atoms with Crippen molar-refractivity contribution >= 4 is 24.9 Å². The zero-order chi connectivity index (χ0) is 16.4. The van der Waals surface area contributed by atoms with Crippen molar-refractivity contribution in [2.24, 2.45) is 0 Å². The summed E-state index contributed by atoms with van der Waals surface area (Å²) < 4.78 is 24.2. The number of hydrogen-bond donors (Lipinski definition) is 0. The van der Waals surface area contributed by atoms with Gasteiger partial charge in [-0.15, -0.1) is 18.3 Å². The van der Waals surface area contributed by atoms with Crippen LogP contribution in [0.15, 0.2) is 47.6 Å². The summed E-state index contributed by atoms with van der Waals surface area (Å²) in [7, 11) is -0.425. The molecule has 0 fully saturated rings. The fourth-order valence-corrected chi connectivity index (χ4v) is 5.38. The van der Waals surface area contributed by atoms with Crippen LogP contribution in [0.25, 0.3) is 5.57 Å².